The number of hydrogen-bond donors (Lipinski definition) is 1. The summed E-state index contributed by atoms with van der Waals surface area (Å²) in [5, 5.41) is 10.5. The third-order valence-electron chi connectivity index (χ3n) is 1.90. The number of ether oxygens (including phenoxy) is 1. The lowest BCUT2D eigenvalue weighted by atomic mass is 10.3. The minimum absolute atomic E-state index is 0.0530. The summed E-state index contributed by atoms with van der Waals surface area (Å²) in [6, 6.07) is 0. The van der Waals surface area contributed by atoms with Crippen molar-refractivity contribution >= 4 is 17.4 Å². The molecule has 1 atom stereocenters. The highest BCUT2D eigenvalue weighted by Crippen LogP contribution is 2.15. The number of rotatable bonds is 5. The molecule has 7 nitrogen and oxygen atoms in total. The zero-order valence-corrected chi connectivity index (χ0v) is 8.85. The molecule has 0 spiro atoms. The van der Waals surface area contributed by atoms with Gasteiger partial charge in [0.1, 0.15) is 6.20 Å². The van der Waals surface area contributed by atoms with Crippen molar-refractivity contribution in [3.05, 3.63) is 21.6 Å². The van der Waals surface area contributed by atoms with Crippen LogP contribution < -0.4 is 5.73 Å². The lowest BCUT2D eigenvalue weighted by Crippen LogP contribution is -2.27. The minimum atomic E-state index is -0.605. The molecule has 0 radical (unpaired) electrons. The van der Waals surface area contributed by atoms with E-state index < -0.39 is 4.92 Å². The van der Waals surface area contributed by atoms with Crippen LogP contribution in [-0.4, -0.2) is 34.2 Å². The van der Waals surface area contributed by atoms with Crippen LogP contribution in [0.2, 0.25) is 5.28 Å². The summed E-state index contributed by atoms with van der Waals surface area (Å²) in [6.07, 6.45) is 1.01. The summed E-state index contributed by atoms with van der Waals surface area (Å²) in [4.78, 5) is 13.4. The zero-order chi connectivity index (χ0) is 11.4. The van der Waals surface area contributed by atoms with E-state index in [0.717, 1.165) is 0 Å². The first kappa shape index (κ1) is 11.9. The molecule has 0 unspecified atom stereocenters. The van der Waals surface area contributed by atoms with Crippen LogP contribution in [0.5, 0.6) is 0 Å². The second-order valence-corrected chi connectivity index (χ2v) is 3.21. The van der Waals surface area contributed by atoms with Gasteiger partial charge in [0, 0.05) is 13.7 Å². The average molecular weight is 235 g/mol. The van der Waals surface area contributed by atoms with Crippen molar-refractivity contribution in [3.63, 3.8) is 0 Å². The standard InChI is InChI=1S/C7H11ClN4O3/c1-15-5(2-9)3-11-4-6(12(13)14)10-7(11)8/h4-5H,2-3,9H2,1H3/t5-/m1/s1. The summed E-state index contributed by atoms with van der Waals surface area (Å²) in [6.45, 7) is 0.644. The largest absolute Gasteiger partial charge is 0.383 e. The lowest BCUT2D eigenvalue weighted by molar-refractivity contribution is -0.389. The monoisotopic (exact) mass is 234 g/mol. The fourth-order valence-electron chi connectivity index (χ4n) is 1.06. The topological polar surface area (TPSA) is 96.2 Å². The van der Waals surface area contributed by atoms with Gasteiger partial charge in [0.15, 0.2) is 0 Å². The molecular weight excluding hydrogens is 224 g/mol. The van der Waals surface area contributed by atoms with Crippen molar-refractivity contribution in [2.24, 2.45) is 5.73 Å². The summed E-state index contributed by atoms with van der Waals surface area (Å²) in [5.41, 5.74) is 5.41. The van der Waals surface area contributed by atoms with Gasteiger partial charge in [0.25, 0.3) is 0 Å². The van der Waals surface area contributed by atoms with Crippen LogP contribution in [0.3, 0.4) is 0 Å². The van der Waals surface area contributed by atoms with Crippen LogP contribution in [0.4, 0.5) is 5.82 Å². The number of aromatic nitrogens is 2. The maximum Gasteiger partial charge on any atom is 0.383 e. The fraction of sp³-hybridized carbons (Fsp3) is 0.571. The third-order valence-corrected chi connectivity index (χ3v) is 2.20. The number of nitrogens with two attached hydrogens (primary N) is 1. The van der Waals surface area contributed by atoms with E-state index in [1.807, 2.05) is 0 Å². The summed E-state index contributed by atoms with van der Waals surface area (Å²) < 4.78 is 6.46. The van der Waals surface area contributed by atoms with Crippen LogP contribution in [0, 0.1) is 10.1 Å². The van der Waals surface area contributed by atoms with Gasteiger partial charge in [-0.3, -0.25) is 4.57 Å². The highest BCUT2D eigenvalue weighted by Gasteiger charge is 2.18. The Morgan fingerprint density at radius 3 is 2.93 bits per heavy atom. The van der Waals surface area contributed by atoms with Gasteiger partial charge in [-0.15, -0.1) is 0 Å². The molecule has 0 bridgehead atoms. The van der Waals surface area contributed by atoms with Crippen molar-refractivity contribution in [1.29, 1.82) is 0 Å². The SMILES string of the molecule is CO[C@H](CN)Cn1cc([N+](=O)[O-])nc1Cl. The van der Waals surface area contributed by atoms with Crippen molar-refractivity contribution in [1.82, 2.24) is 9.55 Å². The Balaban J connectivity index is 2.81. The fourth-order valence-corrected chi connectivity index (χ4v) is 1.27. The summed E-state index contributed by atoms with van der Waals surface area (Å²) >= 11 is 5.70. The Morgan fingerprint density at radius 2 is 2.53 bits per heavy atom. The summed E-state index contributed by atoms with van der Waals surface area (Å²) in [5.74, 6) is -0.285. The number of imidazole rings is 1. The van der Waals surface area contributed by atoms with E-state index in [9.17, 15) is 10.1 Å². The Kier molecular flexibility index (Phi) is 4.01. The molecule has 8 heteroatoms. The third kappa shape index (κ3) is 2.88. The Bertz CT molecular complexity index is 350. The Morgan fingerprint density at radius 1 is 1.87 bits per heavy atom. The van der Waals surface area contributed by atoms with Crippen LogP contribution >= 0.6 is 11.6 Å². The van der Waals surface area contributed by atoms with Gasteiger partial charge >= 0.3 is 11.1 Å². The molecule has 0 saturated carbocycles. The Labute approximate surface area is 90.9 Å². The van der Waals surface area contributed by atoms with Crippen molar-refractivity contribution in [3.8, 4) is 0 Å². The van der Waals surface area contributed by atoms with E-state index in [-0.39, 0.29) is 17.2 Å². The van der Waals surface area contributed by atoms with E-state index in [4.69, 9.17) is 22.1 Å². The molecule has 1 aromatic heterocycles. The van der Waals surface area contributed by atoms with Crippen LogP contribution in [0.15, 0.2) is 6.20 Å². The quantitative estimate of drug-likeness (QED) is 0.588. The second kappa shape index (κ2) is 5.06. The van der Waals surface area contributed by atoms with Crippen molar-refractivity contribution < 1.29 is 9.66 Å². The smallest absolute Gasteiger partial charge is 0.378 e. The van der Waals surface area contributed by atoms with E-state index in [0.29, 0.717) is 13.1 Å². The van der Waals surface area contributed by atoms with Gasteiger partial charge in [-0.1, -0.05) is 0 Å². The Hall–Kier alpha value is -1.18. The lowest BCUT2D eigenvalue weighted by Gasteiger charge is -2.12. The molecular formula is C7H11ClN4O3. The minimum Gasteiger partial charge on any atom is -0.378 e. The molecule has 0 aliphatic carbocycles. The molecule has 0 aliphatic rings. The maximum absolute atomic E-state index is 10.4. The zero-order valence-electron chi connectivity index (χ0n) is 8.09. The number of halogens is 1. The highest BCUT2D eigenvalue weighted by molar-refractivity contribution is 6.28. The number of nitrogens with zero attached hydrogens (tertiary/aromatic N) is 3. The number of methoxy groups -OCH3 is 1. The van der Waals surface area contributed by atoms with Crippen LogP contribution in [-0.2, 0) is 11.3 Å². The molecule has 1 aromatic rings. The molecule has 0 aliphatic heterocycles. The van der Waals surface area contributed by atoms with E-state index in [2.05, 4.69) is 4.98 Å². The molecule has 15 heavy (non-hydrogen) atoms. The maximum atomic E-state index is 10.4. The van der Waals surface area contributed by atoms with Gasteiger partial charge in [-0.05, 0) is 21.5 Å². The summed E-state index contributed by atoms with van der Waals surface area (Å²) in [7, 11) is 1.51. The average Bonchev–Trinajstić information content (AvgIpc) is 2.56. The van der Waals surface area contributed by atoms with Crippen LogP contribution in [0.25, 0.3) is 0 Å². The van der Waals surface area contributed by atoms with Crippen molar-refractivity contribution in [2.75, 3.05) is 13.7 Å². The first-order valence-electron chi connectivity index (χ1n) is 4.18. The number of hydrogen-bond acceptors (Lipinski definition) is 5. The van der Waals surface area contributed by atoms with Crippen LogP contribution in [0.1, 0.15) is 0 Å². The first-order chi connectivity index (χ1) is 7.08. The number of nitro groups is 1. The van der Waals surface area contributed by atoms with E-state index in [1.165, 1.54) is 17.9 Å². The molecule has 1 rings (SSSR count). The van der Waals surface area contributed by atoms with Gasteiger partial charge < -0.3 is 20.6 Å². The normalized spacial score (nSPS) is 12.7. The van der Waals surface area contributed by atoms with E-state index >= 15 is 0 Å². The van der Waals surface area contributed by atoms with Crippen molar-refractivity contribution in [2.45, 2.75) is 12.6 Å². The van der Waals surface area contributed by atoms with Gasteiger partial charge in [0.05, 0.1) is 12.6 Å². The molecule has 0 amide bonds. The van der Waals surface area contributed by atoms with Gasteiger partial charge in [-0.2, -0.15) is 0 Å². The highest BCUT2D eigenvalue weighted by atomic mass is 35.5. The van der Waals surface area contributed by atoms with Gasteiger partial charge in [-0.25, -0.2) is 0 Å². The molecule has 0 fully saturated rings. The molecule has 0 saturated heterocycles. The first-order valence-corrected chi connectivity index (χ1v) is 4.56. The molecule has 0 aromatic carbocycles. The van der Waals surface area contributed by atoms with E-state index in [1.54, 1.807) is 0 Å². The molecule has 1 heterocycles. The predicted octanol–water partition coefficient (Wildman–Crippen LogP) is 0.418. The van der Waals surface area contributed by atoms with Gasteiger partial charge in [0.2, 0.25) is 0 Å². The predicted molar refractivity (Wildman–Crippen MR) is 53.7 cm³/mol. The molecule has 84 valence electrons. The molecule has 2 N–H and O–H groups in total. The second-order valence-electron chi connectivity index (χ2n) is 2.87.